The molecule has 2 nitrogen and oxygen atoms in total. The molecule has 1 N–H and O–H groups in total. The molecule has 0 spiro atoms. The number of aryl methyl sites for hydroxylation is 1. The minimum Gasteiger partial charge on any atom is -0.311 e. The smallest absolute Gasteiger partial charge is 0.0237 e. The molecule has 2 rings (SSSR count). The number of nitrogens with zero attached hydrogens (tertiary/aromatic N) is 1. The van der Waals surface area contributed by atoms with E-state index < -0.39 is 0 Å². The summed E-state index contributed by atoms with van der Waals surface area (Å²) < 4.78 is 0. The maximum Gasteiger partial charge on any atom is 0.0237 e. The zero-order chi connectivity index (χ0) is 13.0. The Morgan fingerprint density at radius 1 is 1.28 bits per heavy atom. The number of hydrogen-bond donors (Lipinski definition) is 1. The number of rotatable bonds is 4. The predicted octanol–water partition coefficient (Wildman–Crippen LogP) is 2.68. The molecule has 1 atom stereocenters. The van der Waals surface area contributed by atoms with E-state index in [1.807, 2.05) is 0 Å². The van der Waals surface area contributed by atoms with Crippen LogP contribution in [0.25, 0.3) is 0 Å². The molecule has 1 aromatic rings. The molecule has 0 saturated carbocycles. The normalized spacial score (nSPS) is 21.4. The summed E-state index contributed by atoms with van der Waals surface area (Å²) in [6, 6.07) is 9.50. The second kappa shape index (κ2) is 6.35. The highest BCUT2D eigenvalue weighted by atomic mass is 15.2. The van der Waals surface area contributed by atoms with Crippen molar-refractivity contribution in [3.63, 3.8) is 0 Å². The molecule has 18 heavy (non-hydrogen) atoms. The highest BCUT2D eigenvalue weighted by Gasteiger charge is 2.21. The van der Waals surface area contributed by atoms with Gasteiger partial charge in [0.1, 0.15) is 0 Å². The Morgan fingerprint density at radius 3 is 2.67 bits per heavy atom. The minimum absolute atomic E-state index is 0.646. The van der Waals surface area contributed by atoms with Crippen LogP contribution in [-0.2, 0) is 13.0 Å². The van der Waals surface area contributed by atoms with Gasteiger partial charge in [-0.2, -0.15) is 0 Å². The van der Waals surface area contributed by atoms with Crippen molar-refractivity contribution in [3.8, 4) is 0 Å². The van der Waals surface area contributed by atoms with Crippen LogP contribution in [-0.4, -0.2) is 30.6 Å². The maximum atomic E-state index is 3.62. The largest absolute Gasteiger partial charge is 0.311 e. The van der Waals surface area contributed by atoms with Crippen LogP contribution < -0.4 is 5.32 Å². The Labute approximate surface area is 111 Å². The Balaban J connectivity index is 2.00. The van der Waals surface area contributed by atoms with Crippen molar-refractivity contribution in [2.45, 2.75) is 39.8 Å². The van der Waals surface area contributed by atoms with Crippen molar-refractivity contribution >= 4 is 0 Å². The summed E-state index contributed by atoms with van der Waals surface area (Å²) in [5, 5.41) is 3.62. The summed E-state index contributed by atoms with van der Waals surface area (Å²) in [5.41, 5.74) is 3.00. The molecule has 1 aliphatic heterocycles. The summed E-state index contributed by atoms with van der Waals surface area (Å²) in [6.45, 7) is 11.4. The van der Waals surface area contributed by atoms with Crippen LogP contribution in [0.2, 0.25) is 0 Å². The third kappa shape index (κ3) is 3.33. The quantitative estimate of drug-likeness (QED) is 0.878. The van der Waals surface area contributed by atoms with Gasteiger partial charge in [0.25, 0.3) is 0 Å². The van der Waals surface area contributed by atoms with Gasteiger partial charge in [-0.1, -0.05) is 45.0 Å². The van der Waals surface area contributed by atoms with Gasteiger partial charge >= 0.3 is 0 Å². The van der Waals surface area contributed by atoms with E-state index >= 15 is 0 Å². The first-order valence-corrected chi connectivity index (χ1v) is 7.23. The standard InChI is InChI=1S/C16H26N2/c1-4-14-7-5-6-8-15(14)11-18-10-9-17-16(12-18)13(2)3/h5-8,13,16-17H,4,9-12H2,1-3H3. The van der Waals surface area contributed by atoms with Gasteiger partial charge in [-0.15, -0.1) is 0 Å². The lowest BCUT2D eigenvalue weighted by Crippen LogP contribution is -2.52. The van der Waals surface area contributed by atoms with Crippen LogP contribution in [0.4, 0.5) is 0 Å². The van der Waals surface area contributed by atoms with Crippen molar-refractivity contribution < 1.29 is 0 Å². The molecule has 2 heteroatoms. The fraction of sp³-hybridized carbons (Fsp3) is 0.625. The van der Waals surface area contributed by atoms with Gasteiger partial charge in [0.05, 0.1) is 0 Å². The lowest BCUT2D eigenvalue weighted by Gasteiger charge is -2.36. The van der Waals surface area contributed by atoms with E-state index in [9.17, 15) is 0 Å². The van der Waals surface area contributed by atoms with Gasteiger partial charge in [-0.25, -0.2) is 0 Å². The van der Waals surface area contributed by atoms with E-state index in [1.165, 1.54) is 24.2 Å². The SMILES string of the molecule is CCc1ccccc1CN1CCNC(C(C)C)C1. The molecule has 0 aromatic heterocycles. The lowest BCUT2D eigenvalue weighted by atomic mass is 10.0. The van der Waals surface area contributed by atoms with Crippen molar-refractivity contribution in [1.29, 1.82) is 0 Å². The third-order valence-corrected chi connectivity index (χ3v) is 3.99. The molecule has 1 fully saturated rings. The molecule has 100 valence electrons. The van der Waals surface area contributed by atoms with E-state index in [4.69, 9.17) is 0 Å². The molecule has 1 aliphatic rings. The average molecular weight is 246 g/mol. The van der Waals surface area contributed by atoms with Gasteiger partial charge in [-0.3, -0.25) is 4.90 Å². The average Bonchev–Trinajstić information content (AvgIpc) is 2.39. The summed E-state index contributed by atoms with van der Waals surface area (Å²) in [5.74, 6) is 0.717. The van der Waals surface area contributed by atoms with Crippen LogP contribution in [0.3, 0.4) is 0 Å². The lowest BCUT2D eigenvalue weighted by molar-refractivity contribution is 0.168. The fourth-order valence-corrected chi connectivity index (χ4v) is 2.73. The van der Waals surface area contributed by atoms with E-state index in [0.29, 0.717) is 12.0 Å². The van der Waals surface area contributed by atoms with Gasteiger partial charge in [0, 0.05) is 32.2 Å². The first-order valence-electron chi connectivity index (χ1n) is 7.23. The number of nitrogens with one attached hydrogen (secondary N) is 1. The highest BCUT2D eigenvalue weighted by Crippen LogP contribution is 2.15. The summed E-state index contributed by atoms with van der Waals surface area (Å²) in [7, 11) is 0. The van der Waals surface area contributed by atoms with Crippen molar-refractivity contribution in [2.24, 2.45) is 5.92 Å². The zero-order valence-corrected chi connectivity index (χ0v) is 11.9. The van der Waals surface area contributed by atoms with Crippen molar-refractivity contribution in [2.75, 3.05) is 19.6 Å². The fourth-order valence-electron chi connectivity index (χ4n) is 2.73. The predicted molar refractivity (Wildman–Crippen MR) is 77.7 cm³/mol. The van der Waals surface area contributed by atoms with E-state index in [1.54, 1.807) is 0 Å². The highest BCUT2D eigenvalue weighted by molar-refractivity contribution is 5.27. The Morgan fingerprint density at radius 2 is 2.00 bits per heavy atom. The first kappa shape index (κ1) is 13.6. The molecular weight excluding hydrogens is 220 g/mol. The second-order valence-corrected chi connectivity index (χ2v) is 5.66. The van der Waals surface area contributed by atoms with Gasteiger partial charge < -0.3 is 5.32 Å². The molecule has 0 bridgehead atoms. The number of piperazine rings is 1. The molecular formula is C16H26N2. The van der Waals surface area contributed by atoms with Gasteiger partial charge in [0.2, 0.25) is 0 Å². The molecule has 0 aliphatic carbocycles. The van der Waals surface area contributed by atoms with Gasteiger partial charge in [0.15, 0.2) is 0 Å². The Kier molecular flexibility index (Phi) is 4.79. The number of benzene rings is 1. The van der Waals surface area contributed by atoms with E-state index in [0.717, 1.165) is 19.5 Å². The minimum atomic E-state index is 0.646. The monoisotopic (exact) mass is 246 g/mol. The zero-order valence-electron chi connectivity index (χ0n) is 11.9. The third-order valence-electron chi connectivity index (χ3n) is 3.99. The summed E-state index contributed by atoms with van der Waals surface area (Å²) in [4.78, 5) is 2.59. The van der Waals surface area contributed by atoms with E-state index in [-0.39, 0.29) is 0 Å². The molecule has 1 heterocycles. The Bertz CT molecular complexity index is 373. The summed E-state index contributed by atoms with van der Waals surface area (Å²) in [6.07, 6.45) is 1.13. The summed E-state index contributed by atoms with van der Waals surface area (Å²) >= 11 is 0. The molecule has 0 radical (unpaired) electrons. The van der Waals surface area contributed by atoms with Crippen molar-refractivity contribution in [3.05, 3.63) is 35.4 Å². The molecule has 1 saturated heterocycles. The number of hydrogen-bond acceptors (Lipinski definition) is 2. The van der Waals surface area contributed by atoms with E-state index in [2.05, 4.69) is 55.3 Å². The van der Waals surface area contributed by atoms with Crippen LogP contribution >= 0.6 is 0 Å². The Hall–Kier alpha value is -0.860. The first-order chi connectivity index (χ1) is 8.70. The molecule has 1 aromatic carbocycles. The maximum absolute atomic E-state index is 3.62. The topological polar surface area (TPSA) is 15.3 Å². The van der Waals surface area contributed by atoms with Crippen LogP contribution in [0, 0.1) is 5.92 Å². The second-order valence-electron chi connectivity index (χ2n) is 5.66. The van der Waals surface area contributed by atoms with Crippen LogP contribution in [0.1, 0.15) is 31.9 Å². The van der Waals surface area contributed by atoms with Gasteiger partial charge in [-0.05, 0) is 23.5 Å². The molecule has 0 amide bonds. The molecule has 1 unspecified atom stereocenters. The van der Waals surface area contributed by atoms with Crippen LogP contribution in [0.15, 0.2) is 24.3 Å². The van der Waals surface area contributed by atoms with Crippen molar-refractivity contribution in [1.82, 2.24) is 10.2 Å². The van der Waals surface area contributed by atoms with Crippen LogP contribution in [0.5, 0.6) is 0 Å².